The number of rotatable bonds is 3. The Kier molecular flexibility index (Phi) is 3.88. The Morgan fingerprint density at radius 1 is 1.28 bits per heavy atom. The van der Waals surface area contributed by atoms with E-state index in [4.69, 9.17) is 9.47 Å². The molecule has 100 valence electrons. The van der Waals surface area contributed by atoms with Crippen molar-refractivity contribution < 1.29 is 19.0 Å². The fraction of sp³-hybridized carbons (Fsp3) is 0.571. The molecule has 1 aliphatic rings. The van der Waals surface area contributed by atoms with Gasteiger partial charge in [-0.1, -0.05) is 0 Å². The van der Waals surface area contributed by atoms with Gasteiger partial charge in [0, 0.05) is 18.7 Å². The van der Waals surface area contributed by atoms with Crippen LogP contribution in [0.25, 0.3) is 0 Å². The van der Waals surface area contributed by atoms with Crippen molar-refractivity contribution in [3.8, 4) is 5.75 Å². The third-order valence-electron chi connectivity index (χ3n) is 3.77. The van der Waals surface area contributed by atoms with Crippen LogP contribution in [0, 0.1) is 5.82 Å². The molecule has 18 heavy (non-hydrogen) atoms. The molecule has 1 N–H and O–H groups in total. The van der Waals surface area contributed by atoms with E-state index in [-0.39, 0.29) is 6.10 Å². The largest absolute Gasteiger partial charge is 0.497 e. The third kappa shape index (κ3) is 2.49. The standard InChI is InChI=1S/C14H19FO3/c1-17-10-5-7-14(16,8-6-10)12-4-3-11(18-2)9-13(12)15/h3-4,9-10,16H,5-8H2,1-2H3. The zero-order chi connectivity index (χ0) is 13.2. The molecule has 1 saturated carbocycles. The zero-order valence-corrected chi connectivity index (χ0v) is 10.8. The lowest BCUT2D eigenvalue weighted by Gasteiger charge is -2.36. The first-order valence-corrected chi connectivity index (χ1v) is 6.18. The van der Waals surface area contributed by atoms with E-state index < -0.39 is 11.4 Å². The fourth-order valence-electron chi connectivity index (χ4n) is 2.57. The molecule has 4 heteroatoms. The second-order valence-electron chi connectivity index (χ2n) is 4.81. The Morgan fingerprint density at radius 3 is 2.44 bits per heavy atom. The highest BCUT2D eigenvalue weighted by molar-refractivity contribution is 5.32. The van der Waals surface area contributed by atoms with Crippen molar-refractivity contribution in [3.63, 3.8) is 0 Å². The van der Waals surface area contributed by atoms with Gasteiger partial charge in [0.2, 0.25) is 0 Å². The maximum Gasteiger partial charge on any atom is 0.132 e. The average molecular weight is 254 g/mol. The molecular weight excluding hydrogens is 235 g/mol. The normalized spacial score (nSPS) is 28.1. The summed E-state index contributed by atoms with van der Waals surface area (Å²) in [6.45, 7) is 0. The van der Waals surface area contributed by atoms with Crippen molar-refractivity contribution in [3.05, 3.63) is 29.6 Å². The van der Waals surface area contributed by atoms with Gasteiger partial charge in [0.1, 0.15) is 11.6 Å². The van der Waals surface area contributed by atoms with Gasteiger partial charge in [-0.15, -0.1) is 0 Å². The number of hydrogen-bond acceptors (Lipinski definition) is 3. The second-order valence-corrected chi connectivity index (χ2v) is 4.81. The summed E-state index contributed by atoms with van der Waals surface area (Å²) in [4.78, 5) is 0. The summed E-state index contributed by atoms with van der Waals surface area (Å²) in [6.07, 6.45) is 2.71. The summed E-state index contributed by atoms with van der Waals surface area (Å²) in [7, 11) is 3.16. The molecule has 2 rings (SSSR count). The van der Waals surface area contributed by atoms with E-state index in [0.717, 1.165) is 12.8 Å². The molecule has 0 amide bonds. The van der Waals surface area contributed by atoms with Crippen molar-refractivity contribution in [1.29, 1.82) is 0 Å². The molecule has 0 aromatic heterocycles. The van der Waals surface area contributed by atoms with Crippen molar-refractivity contribution in [1.82, 2.24) is 0 Å². The highest BCUT2D eigenvalue weighted by Crippen LogP contribution is 2.39. The molecular formula is C14H19FO3. The monoisotopic (exact) mass is 254 g/mol. The highest BCUT2D eigenvalue weighted by Gasteiger charge is 2.36. The van der Waals surface area contributed by atoms with Crippen molar-refractivity contribution >= 4 is 0 Å². The lowest BCUT2D eigenvalue weighted by molar-refractivity contribution is -0.0494. The maximum atomic E-state index is 14.0. The molecule has 3 nitrogen and oxygen atoms in total. The molecule has 0 spiro atoms. The van der Waals surface area contributed by atoms with Crippen LogP contribution in [0.1, 0.15) is 31.2 Å². The summed E-state index contributed by atoms with van der Waals surface area (Å²) in [6, 6.07) is 4.61. The van der Waals surface area contributed by atoms with Crippen LogP contribution >= 0.6 is 0 Å². The Hall–Kier alpha value is -1.13. The van der Waals surface area contributed by atoms with Gasteiger partial charge in [0.25, 0.3) is 0 Å². The van der Waals surface area contributed by atoms with E-state index in [0.29, 0.717) is 24.2 Å². The summed E-state index contributed by atoms with van der Waals surface area (Å²) < 4.78 is 24.2. The van der Waals surface area contributed by atoms with E-state index in [1.807, 2.05) is 0 Å². The van der Waals surface area contributed by atoms with Gasteiger partial charge < -0.3 is 14.6 Å². The number of ether oxygens (including phenoxy) is 2. The minimum Gasteiger partial charge on any atom is -0.497 e. The van der Waals surface area contributed by atoms with Crippen molar-refractivity contribution in [2.75, 3.05) is 14.2 Å². The predicted octanol–water partition coefficient (Wildman–Crippen LogP) is 2.61. The van der Waals surface area contributed by atoms with E-state index in [2.05, 4.69) is 0 Å². The Labute approximate surface area is 107 Å². The van der Waals surface area contributed by atoms with E-state index in [9.17, 15) is 9.50 Å². The lowest BCUT2D eigenvalue weighted by Crippen LogP contribution is -2.34. The molecule has 1 aromatic rings. The van der Waals surface area contributed by atoms with Gasteiger partial charge in [-0.2, -0.15) is 0 Å². The van der Waals surface area contributed by atoms with Gasteiger partial charge >= 0.3 is 0 Å². The number of methoxy groups -OCH3 is 2. The topological polar surface area (TPSA) is 38.7 Å². The smallest absolute Gasteiger partial charge is 0.132 e. The number of aliphatic hydroxyl groups is 1. The first-order chi connectivity index (χ1) is 8.59. The van der Waals surface area contributed by atoms with Gasteiger partial charge in [0.15, 0.2) is 0 Å². The van der Waals surface area contributed by atoms with Crippen LogP contribution in [0.4, 0.5) is 4.39 Å². The lowest BCUT2D eigenvalue weighted by atomic mass is 9.78. The van der Waals surface area contributed by atoms with Crippen LogP contribution in [-0.4, -0.2) is 25.4 Å². The molecule has 0 unspecified atom stereocenters. The summed E-state index contributed by atoms with van der Waals surface area (Å²) in [5, 5.41) is 10.6. The number of halogens is 1. The molecule has 0 bridgehead atoms. The summed E-state index contributed by atoms with van der Waals surface area (Å²) in [5.41, 5.74) is -0.719. The Bertz CT molecular complexity index is 412. The second kappa shape index (κ2) is 5.24. The summed E-state index contributed by atoms with van der Waals surface area (Å²) in [5.74, 6) is 0.0538. The van der Waals surface area contributed by atoms with Crippen LogP contribution in [-0.2, 0) is 10.3 Å². The van der Waals surface area contributed by atoms with E-state index in [1.54, 1.807) is 19.2 Å². The average Bonchev–Trinajstić information content (AvgIpc) is 2.39. The first kappa shape index (κ1) is 13.3. The summed E-state index contributed by atoms with van der Waals surface area (Å²) >= 11 is 0. The van der Waals surface area contributed by atoms with Gasteiger partial charge in [0.05, 0.1) is 18.8 Å². The Morgan fingerprint density at radius 2 is 1.94 bits per heavy atom. The van der Waals surface area contributed by atoms with E-state index >= 15 is 0 Å². The number of hydrogen-bond donors (Lipinski definition) is 1. The fourth-order valence-corrected chi connectivity index (χ4v) is 2.57. The van der Waals surface area contributed by atoms with Crippen LogP contribution in [0.3, 0.4) is 0 Å². The first-order valence-electron chi connectivity index (χ1n) is 6.18. The minimum absolute atomic E-state index is 0.173. The van der Waals surface area contributed by atoms with Gasteiger partial charge in [-0.25, -0.2) is 4.39 Å². The molecule has 0 saturated heterocycles. The predicted molar refractivity (Wildman–Crippen MR) is 66.1 cm³/mol. The highest BCUT2D eigenvalue weighted by atomic mass is 19.1. The van der Waals surface area contributed by atoms with E-state index in [1.165, 1.54) is 13.2 Å². The van der Waals surface area contributed by atoms with Crippen LogP contribution in [0.5, 0.6) is 5.75 Å². The number of benzene rings is 1. The molecule has 1 fully saturated rings. The van der Waals surface area contributed by atoms with Crippen LogP contribution < -0.4 is 4.74 Å². The van der Waals surface area contributed by atoms with Crippen molar-refractivity contribution in [2.24, 2.45) is 0 Å². The molecule has 0 heterocycles. The molecule has 1 aromatic carbocycles. The van der Waals surface area contributed by atoms with Crippen LogP contribution in [0.15, 0.2) is 18.2 Å². The van der Waals surface area contributed by atoms with Crippen molar-refractivity contribution in [2.45, 2.75) is 37.4 Å². The van der Waals surface area contributed by atoms with Gasteiger partial charge in [-0.05, 0) is 37.8 Å². The Balaban J connectivity index is 2.20. The maximum absolute atomic E-state index is 14.0. The quantitative estimate of drug-likeness (QED) is 0.901. The third-order valence-corrected chi connectivity index (χ3v) is 3.77. The molecule has 1 aliphatic carbocycles. The van der Waals surface area contributed by atoms with Crippen LogP contribution in [0.2, 0.25) is 0 Å². The molecule has 0 atom stereocenters. The van der Waals surface area contributed by atoms with Gasteiger partial charge in [-0.3, -0.25) is 0 Å². The molecule has 0 aliphatic heterocycles. The SMILES string of the molecule is COc1ccc(C2(O)CCC(OC)CC2)c(F)c1. The molecule has 0 radical (unpaired) electrons. The zero-order valence-electron chi connectivity index (χ0n) is 10.8. The minimum atomic E-state index is -1.08.